The summed E-state index contributed by atoms with van der Waals surface area (Å²) in [6.07, 6.45) is 4.06. The Labute approximate surface area is 212 Å². The van der Waals surface area contributed by atoms with Crippen molar-refractivity contribution in [1.29, 1.82) is 0 Å². The zero-order chi connectivity index (χ0) is 23.3. The lowest BCUT2D eigenvalue weighted by atomic mass is 10.3. The quantitative estimate of drug-likeness (QED) is 0.329. The molecule has 0 aliphatic carbocycles. The molecule has 1 aromatic carbocycles. The van der Waals surface area contributed by atoms with Gasteiger partial charge in [0.1, 0.15) is 14.2 Å². The van der Waals surface area contributed by atoms with Crippen molar-refractivity contribution >= 4 is 78.5 Å². The summed E-state index contributed by atoms with van der Waals surface area (Å²) in [5.74, 6) is -1.76. The van der Waals surface area contributed by atoms with Crippen molar-refractivity contribution in [2.45, 2.75) is 24.9 Å². The van der Waals surface area contributed by atoms with Gasteiger partial charge in [-0.2, -0.15) is 4.57 Å². The van der Waals surface area contributed by atoms with E-state index in [2.05, 4.69) is 31.9 Å². The van der Waals surface area contributed by atoms with E-state index in [0.29, 0.717) is 21.8 Å². The number of anilines is 1. The average molecular weight is 586 g/mol. The minimum absolute atomic E-state index is 0.125. The number of halogens is 3. The minimum atomic E-state index is -0.887. The van der Waals surface area contributed by atoms with Crippen molar-refractivity contribution in [2.75, 3.05) is 11.9 Å². The molecule has 3 aromatic heterocycles. The van der Waals surface area contributed by atoms with E-state index in [1.807, 2.05) is 24.6 Å². The van der Waals surface area contributed by atoms with Crippen LogP contribution in [0.3, 0.4) is 0 Å². The normalized spacial score (nSPS) is 15.5. The van der Waals surface area contributed by atoms with Gasteiger partial charge in [-0.25, -0.2) is 8.78 Å². The van der Waals surface area contributed by atoms with Crippen molar-refractivity contribution < 1.29 is 13.3 Å². The highest BCUT2D eigenvalue weighted by molar-refractivity contribution is 9.11. The molecule has 0 saturated heterocycles. The second kappa shape index (κ2) is 9.10. The Kier molecular flexibility index (Phi) is 6.34. The maximum absolute atomic E-state index is 14.4. The summed E-state index contributed by atoms with van der Waals surface area (Å²) in [4.78, 5) is 15.3. The monoisotopic (exact) mass is 584 g/mol. The van der Waals surface area contributed by atoms with Gasteiger partial charge in [0.25, 0.3) is 10.6 Å². The van der Waals surface area contributed by atoms with E-state index >= 15 is 0 Å². The first-order chi connectivity index (χ1) is 15.9. The smallest absolute Gasteiger partial charge is 0.271 e. The molecule has 4 aromatic rings. The van der Waals surface area contributed by atoms with Gasteiger partial charge < -0.3 is 4.90 Å². The number of fused-ring (bicyclic) bond motifs is 1. The van der Waals surface area contributed by atoms with E-state index in [-0.39, 0.29) is 10.5 Å². The van der Waals surface area contributed by atoms with E-state index in [1.54, 1.807) is 45.3 Å². The number of rotatable bonds is 4. The maximum atomic E-state index is 14.4. The fraction of sp³-hybridized carbons (Fsp3) is 0.182. The number of hydrogen-bond acceptors (Lipinski definition) is 6. The zero-order valence-electron chi connectivity index (χ0n) is 17.5. The summed E-state index contributed by atoms with van der Waals surface area (Å²) in [5.41, 5.74) is 1.64. The van der Waals surface area contributed by atoms with Crippen LogP contribution in [0.15, 0.2) is 48.6 Å². The van der Waals surface area contributed by atoms with Crippen LogP contribution in [0.2, 0.25) is 0 Å². The third-order valence-corrected chi connectivity index (χ3v) is 10.5. The molecule has 0 amide bonds. The average Bonchev–Trinajstić information content (AvgIpc) is 3.55. The zero-order valence-corrected chi connectivity index (χ0v) is 22.3. The van der Waals surface area contributed by atoms with Gasteiger partial charge in [0.2, 0.25) is 0 Å². The Morgan fingerprint density at radius 2 is 2.00 bits per heavy atom. The highest BCUT2D eigenvalue weighted by Gasteiger charge is 2.29. The highest BCUT2D eigenvalue weighted by atomic mass is 79.9. The van der Waals surface area contributed by atoms with Crippen molar-refractivity contribution in [3.63, 3.8) is 0 Å². The predicted molar refractivity (Wildman–Crippen MR) is 137 cm³/mol. The van der Waals surface area contributed by atoms with Crippen molar-refractivity contribution in [3.8, 4) is 0 Å². The van der Waals surface area contributed by atoms with Gasteiger partial charge >= 0.3 is 0 Å². The Balaban J connectivity index is 1.63. The number of aromatic nitrogens is 2. The molecule has 0 bridgehead atoms. The Bertz CT molecular complexity index is 1550. The van der Waals surface area contributed by atoms with Crippen LogP contribution in [0.5, 0.6) is 0 Å². The second-order valence-corrected chi connectivity index (χ2v) is 12.4. The SMILES string of the molecule is CCn1c(=Cc2scc[n+]2Cc2ccsc2Br)sc(=C2Sc3c(ccc(F)c3F)N2C)c1=O. The van der Waals surface area contributed by atoms with Gasteiger partial charge in [-0.15, -0.1) is 22.7 Å². The molecule has 0 spiro atoms. The van der Waals surface area contributed by atoms with Crippen LogP contribution >= 0.6 is 61.7 Å². The van der Waals surface area contributed by atoms with Crippen LogP contribution in [-0.2, 0) is 13.1 Å². The molecule has 0 N–H and O–H groups in total. The van der Waals surface area contributed by atoms with Crippen LogP contribution < -0.4 is 24.2 Å². The number of thioether (sulfide) groups is 1. The summed E-state index contributed by atoms with van der Waals surface area (Å²) in [6, 6.07) is 4.76. The van der Waals surface area contributed by atoms with Gasteiger partial charge in [0.05, 0.1) is 25.8 Å². The van der Waals surface area contributed by atoms with Crippen LogP contribution in [0.25, 0.3) is 11.1 Å². The maximum Gasteiger partial charge on any atom is 0.271 e. The minimum Gasteiger partial charge on any atom is -0.337 e. The summed E-state index contributed by atoms with van der Waals surface area (Å²) < 4.78 is 34.5. The predicted octanol–water partition coefficient (Wildman–Crippen LogP) is 4.57. The molecule has 0 radical (unpaired) electrons. The number of thiazole rings is 2. The lowest BCUT2D eigenvalue weighted by Gasteiger charge is -2.12. The summed E-state index contributed by atoms with van der Waals surface area (Å²) in [7, 11) is 1.77. The Morgan fingerprint density at radius 3 is 2.73 bits per heavy atom. The van der Waals surface area contributed by atoms with E-state index in [4.69, 9.17) is 0 Å². The molecule has 33 heavy (non-hydrogen) atoms. The molecule has 1 aliphatic rings. The molecule has 0 saturated carbocycles. The molecular formula is C22H17BrF2N3OS4+. The van der Waals surface area contributed by atoms with Crippen molar-refractivity contribution in [3.05, 3.63) is 80.7 Å². The van der Waals surface area contributed by atoms with E-state index in [1.165, 1.54) is 16.9 Å². The highest BCUT2D eigenvalue weighted by Crippen LogP contribution is 2.47. The second-order valence-electron chi connectivity index (χ2n) is 7.23. The molecule has 11 heteroatoms. The topological polar surface area (TPSA) is 29.1 Å². The van der Waals surface area contributed by atoms with Crippen molar-refractivity contribution in [2.24, 2.45) is 0 Å². The fourth-order valence-electron chi connectivity index (χ4n) is 3.61. The van der Waals surface area contributed by atoms with Gasteiger partial charge in [-0.1, -0.05) is 23.1 Å². The third-order valence-electron chi connectivity index (χ3n) is 5.31. The van der Waals surface area contributed by atoms with Gasteiger partial charge in [0, 0.05) is 19.2 Å². The van der Waals surface area contributed by atoms with Crippen LogP contribution in [0, 0.1) is 11.6 Å². The molecule has 0 unspecified atom stereocenters. The Morgan fingerprint density at radius 1 is 1.18 bits per heavy atom. The third kappa shape index (κ3) is 4.03. The van der Waals surface area contributed by atoms with Gasteiger partial charge in [0.15, 0.2) is 24.4 Å². The number of nitrogens with zero attached hydrogens (tertiary/aromatic N) is 3. The first-order valence-corrected chi connectivity index (χ1v) is 14.1. The molecule has 1 aliphatic heterocycles. The van der Waals surface area contributed by atoms with Gasteiger partial charge in [-0.05, 0) is 46.4 Å². The van der Waals surface area contributed by atoms with E-state index in [0.717, 1.165) is 37.8 Å². The molecule has 4 heterocycles. The molecule has 0 fully saturated rings. The largest absolute Gasteiger partial charge is 0.337 e. The lowest BCUT2D eigenvalue weighted by molar-refractivity contribution is -0.685. The number of hydrogen-bond donors (Lipinski definition) is 0. The van der Waals surface area contributed by atoms with Crippen molar-refractivity contribution in [1.82, 2.24) is 4.57 Å². The molecule has 170 valence electrons. The first kappa shape index (κ1) is 23.0. The molecule has 5 rings (SSSR count). The summed E-state index contributed by atoms with van der Waals surface area (Å²) >= 11 is 9.34. The number of thiophene rings is 1. The lowest BCUT2D eigenvalue weighted by Crippen LogP contribution is -2.36. The van der Waals surface area contributed by atoms with Crippen LogP contribution in [0.1, 0.15) is 17.5 Å². The van der Waals surface area contributed by atoms with E-state index in [9.17, 15) is 13.6 Å². The van der Waals surface area contributed by atoms with E-state index < -0.39 is 11.6 Å². The standard InChI is InChI=1S/C22H17BrF2N3OS4/c1-3-28-16(10-15-27(7-9-30-15)11-12-6-8-31-20(12)23)32-19(21(28)29)22-26(2)14-5-4-13(24)17(25)18(14)33-22/h4-10H,3,11H2,1-2H3/q+1. The van der Waals surface area contributed by atoms with Crippen LogP contribution in [0.4, 0.5) is 14.5 Å². The summed E-state index contributed by atoms with van der Waals surface area (Å²) in [5, 5.41) is 5.72. The fourth-order valence-corrected chi connectivity index (χ4v) is 8.17. The molecule has 0 atom stereocenters. The molecular weight excluding hydrogens is 568 g/mol. The van der Waals surface area contributed by atoms with Crippen LogP contribution in [-0.4, -0.2) is 11.6 Å². The molecule has 4 nitrogen and oxygen atoms in total. The number of benzene rings is 1. The first-order valence-electron chi connectivity index (χ1n) is 9.93. The summed E-state index contributed by atoms with van der Waals surface area (Å²) in [6.45, 7) is 3.17. The Hall–Kier alpha value is -1.79. The van der Waals surface area contributed by atoms with Gasteiger partial charge in [-0.3, -0.25) is 9.36 Å².